The zero-order valence-electron chi connectivity index (χ0n) is 13.6. The van der Waals surface area contributed by atoms with Gasteiger partial charge >= 0.3 is 0 Å². The summed E-state index contributed by atoms with van der Waals surface area (Å²) >= 11 is 1.63. The lowest BCUT2D eigenvalue weighted by Crippen LogP contribution is -2.41. The van der Waals surface area contributed by atoms with Crippen LogP contribution in [0.1, 0.15) is 32.6 Å². The van der Waals surface area contributed by atoms with Crippen molar-refractivity contribution in [2.45, 2.75) is 38.7 Å². The van der Waals surface area contributed by atoms with Crippen LogP contribution in [-0.4, -0.2) is 37.6 Å². The number of rotatable bonds is 4. The number of hydrogen-bond acceptors (Lipinski definition) is 6. The first kappa shape index (κ1) is 15.5. The van der Waals surface area contributed by atoms with Crippen LogP contribution < -0.4 is 5.32 Å². The van der Waals surface area contributed by atoms with Crippen LogP contribution in [0.5, 0.6) is 0 Å². The molecule has 0 amide bonds. The minimum atomic E-state index is -0.251. The van der Waals surface area contributed by atoms with Gasteiger partial charge in [0.05, 0.1) is 6.10 Å². The predicted octanol–water partition coefficient (Wildman–Crippen LogP) is 3.21. The summed E-state index contributed by atoms with van der Waals surface area (Å²) in [6.07, 6.45) is 3.97. The lowest BCUT2D eigenvalue weighted by Gasteiger charge is -2.38. The molecule has 1 saturated carbocycles. The Hall–Kier alpha value is -1.99. The monoisotopic (exact) mass is 343 g/mol. The van der Waals surface area contributed by atoms with Gasteiger partial charge in [0.1, 0.15) is 5.82 Å². The number of nitrogens with one attached hydrogen (secondary N) is 1. The maximum Gasteiger partial charge on any atom is 0.186 e. The van der Waals surface area contributed by atoms with Crippen LogP contribution in [0.15, 0.2) is 29.0 Å². The van der Waals surface area contributed by atoms with Gasteiger partial charge in [-0.1, -0.05) is 19.8 Å². The number of anilines is 1. The van der Waals surface area contributed by atoms with Crippen molar-refractivity contribution in [3.63, 3.8) is 0 Å². The van der Waals surface area contributed by atoms with Gasteiger partial charge in [-0.3, -0.25) is 0 Å². The fourth-order valence-electron chi connectivity index (χ4n) is 3.34. The first-order chi connectivity index (χ1) is 11.7. The summed E-state index contributed by atoms with van der Waals surface area (Å²) in [5, 5.41) is 30.8. The van der Waals surface area contributed by atoms with Crippen molar-refractivity contribution in [1.82, 2.24) is 19.8 Å². The average Bonchev–Trinajstić information content (AvgIpc) is 3.24. The van der Waals surface area contributed by atoms with Crippen LogP contribution in [0, 0.1) is 5.41 Å². The minimum absolute atomic E-state index is 0.0989. The Balaban J connectivity index is 1.58. The van der Waals surface area contributed by atoms with Gasteiger partial charge in [-0.05, 0) is 36.4 Å². The molecule has 2 unspecified atom stereocenters. The van der Waals surface area contributed by atoms with E-state index in [0.29, 0.717) is 6.54 Å². The molecule has 3 aromatic heterocycles. The molecular weight excluding hydrogens is 322 g/mol. The van der Waals surface area contributed by atoms with Crippen molar-refractivity contribution < 1.29 is 5.11 Å². The van der Waals surface area contributed by atoms with Gasteiger partial charge in [0, 0.05) is 22.9 Å². The van der Waals surface area contributed by atoms with E-state index in [4.69, 9.17) is 0 Å². The van der Waals surface area contributed by atoms with Gasteiger partial charge < -0.3 is 10.4 Å². The van der Waals surface area contributed by atoms with E-state index >= 15 is 0 Å². The molecule has 0 bridgehead atoms. The van der Waals surface area contributed by atoms with Crippen LogP contribution in [0.2, 0.25) is 0 Å². The largest absolute Gasteiger partial charge is 0.392 e. The lowest BCUT2D eigenvalue weighted by atomic mass is 9.73. The van der Waals surface area contributed by atoms with Gasteiger partial charge in [-0.25, -0.2) is 0 Å². The topological polar surface area (TPSA) is 75.3 Å². The molecule has 1 fully saturated rings. The quantitative estimate of drug-likeness (QED) is 0.761. The Bertz CT molecular complexity index is 831. The van der Waals surface area contributed by atoms with E-state index in [1.165, 1.54) is 6.42 Å². The van der Waals surface area contributed by atoms with Gasteiger partial charge in [0.25, 0.3) is 0 Å². The zero-order valence-corrected chi connectivity index (χ0v) is 14.5. The van der Waals surface area contributed by atoms with Gasteiger partial charge in [0.15, 0.2) is 11.5 Å². The molecule has 1 aliphatic carbocycles. The second kappa shape index (κ2) is 6.14. The molecule has 24 heavy (non-hydrogen) atoms. The van der Waals surface area contributed by atoms with Crippen molar-refractivity contribution in [3.05, 3.63) is 29.0 Å². The summed E-state index contributed by atoms with van der Waals surface area (Å²) in [4.78, 5) is 0. The summed E-state index contributed by atoms with van der Waals surface area (Å²) in [6, 6.07) is 5.85. The highest BCUT2D eigenvalue weighted by atomic mass is 32.1. The van der Waals surface area contributed by atoms with Crippen LogP contribution in [0.25, 0.3) is 17.0 Å². The molecule has 0 spiro atoms. The summed E-state index contributed by atoms with van der Waals surface area (Å²) in [5.41, 5.74) is 1.65. The van der Waals surface area contributed by atoms with Gasteiger partial charge in [0.2, 0.25) is 0 Å². The first-order valence-corrected chi connectivity index (χ1v) is 9.27. The summed E-state index contributed by atoms with van der Waals surface area (Å²) in [5.74, 6) is 1.52. The first-order valence-electron chi connectivity index (χ1n) is 8.33. The average molecular weight is 343 g/mol. The molecule has 1 aliphatic rings. The number of nitrogens with zero attached hydrogens (tertiary/aromatic N) is 4. The predicted molar refractivity (Wildman–Crippen MR) is 95.2 cm³/mol. The third kappa shape index (κ3) is 2.78. The number of aromatic nitrogens is 4. The molecule has 6 nitrogen and oxygen atoms in total. The molecule has 0 aliphatic heterocycles. The highest BCUT2D eigenvalue weighted by Gasteiger charge is 2.35. The van der Waals surface area contributed by atoms with E-state index in [1.807, 2.05) is 29.0 Å². The third-order valence-electron chi connectivity index (χ3n) is 5.00. The minimum Gasteiger partial charge on any atom is -0.392 e. The van der Waals surface area contributed by atoms with E-state index in [1.54, 1.807) is 15.9 Å². The van der Waals surface area contributed by atoms with Crippen molar-refractivity contribution >= 4 is 22.8 Å². The fourth-order valence-corrected chi connectivity index (χ4v) is 3.97. The standard InChI is InChI=1S/C17H21N5OS/c1-17(8-3-2-4-13(17)23)11-18-14-5-6-15-19-20-16(22(15)21-14)12-7-9-24-10-12/h5-7,9-10,13,23H,2-4,8,11H2,1H3,(H,18,21). The number of thiophene rings is 1. The highest BCUT2D eigenvalue weighted by Crippen LogP contribution is 2.36. The Morgan fingerprint density at radius 1 is 1.33 bits per heavy atom. The van der Waals surface area contributed by atoms with Crippen LogP contribution >= 0.6 is 11.3 Å². The number of aliphatic hydroxyl groups is 1. The molecule has 3 heterocycles. The number of hydrogen-bond donors (Lipinski definition) is 2. The van der Waals surface area contributed by atoms with Gasteiger partial charge in [-0.2, -0.15) is 15.9 Å². The van der Waals surface area contributed by atoms with Crippen LogP contribution in [0.4, 0.5) is 5.82 Å². The smallest absolute Gasteiger partial charge is 0.186 e. The second-order valence-electron chi connectivity index (χ2n) is 6.79. The maximum absolute atomic E-state index is 10.3. The summed E-state index contributed by atoms with van der Waals surface area (Å²) in [6.45, 7) is 2.86. The number of aliphatic hydroxyl groups excluding tert-OH is 1. The van der Waals surface area contributed by atoms with Crippen molar-refractivity contribution in [1.29, 1.82) is 0 Å². The zero-order chi connectivity index (χ0) is 16.6. The number of fused-ring (bicyclic) bond motifs is 1. The molecule has 2 N–H and O–H groups in total. The molecular formula is C17H21N5OS. The Kier molecular flexibility index (Phi) is 3.97. The van der Waals surface area contributed by atoms with E-state index in [2.05, 4.69) is 27.5 Å². The summed E-state index contributed by atoms with van der Waals surface area (Å²) < 4.78 is 1.77. The highest BCUT2D eigenvalue weighted by molar-refractivity contribution is 7.08. The normalized spacial score (nSPS) is 24.3. The van der Waals surface area contributed by atoms with E-state index in [-0.39, 0.29) is 11.5 Å². The lowest BCUT2D eigenvalue weighted by molar-refractivity contribution is 0.00957. The van der Waals surface area contributed by atoms with Crippen LogP contribution in [0.3, 0.4) is 0 Å². The summed E-state index contributed by atoms with van der Waals surface area (Å²) in [7, 11) is 0. The Morgan fingerprint density at radius 2 is 2.25 bits per heavy atom. The van der Waals surface area contributed by atoms with E-state index < -0.39 is 0 Å². The molecule has 7 heteroatoms. The Labute approximate surface area is 144 Å². The Morgan fingerprint density at radius 3 is 3.04 bits per heavy atom. The maximum atomic E-state index is 10.3. The van der Waals surface area contributed by atoms with Crippen molar-refractivity contribution in [2.24, 2.45) is 5.41 Å². The molecule has 4 rings (SSSR count). The van der Waals surface area contributed by atoms with E-state index in [9.17, 15) is 5.11 Å². The SMILES string of the molecule is CC1(CNc2ccc3nnc(-c4ccsc4)n3n2)CCCCC1O. The molecule has 2 atom stereocenters. The fraction of sp³-hybridized carbons (Fsp3) is 0.471. The molecule has 0 saturated heterocycles. The van der Waals surface area contributed by atoms with Crippen molar-refractivity contribution in [2.75, 3.05) is 11.9 Å². The van der Waals surface area contributed by atoms with Crippen LogP contribution in [-0.2, 0) is 0 Å². The molecule has 0 aromatic carbocycles. The van der Waals surface area contributed by atoms with Gasteiger partial charge in [-0.15, -0.1) is 15.3 Å². The second-order valence-corrected chi connectivity index (χ2v) is 7.57. The third-order valence-corrected chi connectivity index (χ3v) is 5.68. The van der Waals surface area contributed by atoms with E-state index in [0.717, 1.165) is 42.1 Å². The molecule has 3 aromatic rings. The van der Waals surface area contributed by atoms with Crippen molar-refractivity contribution in [3.8, 4) is 11.4 Å². The molecule has 126 valence electrons. The molecule has 0 radical (unpaired) electrons.